The monoisotopic (exact) mass is 313 g/mol. The second kappa shape index (κ2) is 4.88. The maximum Gasteiger partial charge on any atom is 0.123 e. The maximum atomic E-state index is 13.2. The topological polar surface area (TPSA) is 26.0 Å². The molecule has 1 aromatic carbocycles. The van der Waals surface area contributed by atoms with Gasteiger partial charge in [-0.25, -0.2) is 4.39 Å². The van der Waals surface area contributed by atoms with Crippen molar-refractivity contribution in [3.8, 4) is 0 Å². The van der Waals surface area contributed by atoms with Gasteiger partial charge >= 0.3 is 0 Å². The van der Waals surface area contributed by atoms with Gasteiger partial charge < -0.3 is 5.73 Å². The quantitative estimate of drug-likeness (QED) is 0.908. The van der Waals surface area contributed by atoms with E-state index in [2.05, 4.69) is 22.0 Å². The molecule has 0 bridgehead atoms. The van der Waals surface area contributed by atoms with E-state index in [0.717, 1.165) is 10.0 Å². The van der Waals surface area contributed by atoms with Crippen molar-refractivity contribution in [1.29, 1.82) is 0 Å². The van der Waals surface area contributed by atoms with E-state index in [1.165, 1.54) is 17.0 Å². The molecule has 0 spiro atoms. The summed E-state index contributed by atoms with van der Waals surface area (Å²) >= 11 is 5.07. The average molecular weight is 314 g/mol. The van der Waals surface area contributed by atoms with Crippen molar-refractivity contribution in [1.82, 2.24) is 0 Å². The number of thiophene rings is 1. The Hall–Kier alpha value is -0.710. The minimum atomic E-state index is -0.549. The first-order valence-electron chi connectivity index (χ1n) is 5.25. The van der Waals surface area contributed by atoms with Gasteiger partial charge in [-0.2, -0.15) is 0 Å². The smallest absolute Gasteiger partial charge is 0.123 e. The van der Waals surface area contributed by atoms with Crippen LogP contribution in [0.15, 0.2) is 40.2 Å². The number of benzene rings is 1. The number of hydrogen-bond acceptors (Lipinski definition) is 2. The lowest BCUT2D eigenvalue weighted by Crippen LogP contribution is -2.35. The van der Waals surface area contributed by atoms with E-state index in [0.29, 0.717) is 6.42 Å². The van der Waals surface area contributed by atoms with Crippen LogP contribution in [0, 0.1) is 5.82 Å². The molecule has 0 saturated heterocycles. The summed E-state index contributed by atoms with van der Waals surface area (Å²) in [5.74, 6) is -0.244. The first kappa shape index (κ1) is 12.7. The zero-order valence-corrected chi connectivity index (χ0v) is 11.8. The zero-order chi connectivity index (χ0) is 12.5. The lowest BCUT2D eigenvalue weighted by molar-refractivity contribution is 0.490. The van der Waals surface area contributed by atoms with Crippen LogP contribution in [0.2, 0.25) is 0 Å². The summed E-state index contributed by atoms with van der Waals surface area (Å²) in [6.07, 6.45) is 0.701. The van der Waals surface area contributed by atoms with Gasteiger partial charge in [-0.15, -0.1) is 11.3 Å². The molecule has 1 heterocycles. The number of hydrogen-bond donors (Lipinski definition) is 1. The fourth-order valence-corrected chi connectivity index (χ4v) is 3.37. The third-order valence-electron chi connectivity index (χ3n) is 2.65. The molecule has 90 valence electrons. The van der Waals surface area contributed by atoms with Crippen molar-refractivity contribution in [2.75, 3.05) is 0 Å². The molecule has 0 aliphatic rings. The largest absolute Gasteiger partial charge is 0.321 e. The van der Waals surface area contributed by atoms with Gasteiger partial charge in [0.15, 0.2) is 0 Å². The predicted octanol–water partition coefficient (Wildman–Crippen LogP) is 4.07. The average Bonchev–Trinajstić information content (AvgIpc) is 2.63. The molecule has 2 aromatic rings. The van der Waals surface area contributed by atoms with Gasteiger partial charge in [0.1, 0.15) is 5.82 Å². The first-order valence-corrected chi connectivity index (χ1v) is 6.92. The van der Waals surface area contributed by atoms with Crippen molar-refractivity contribution < 1.29 is 4.39 Å². The van der Waals surface area contributed by atoms with Crippen LogP contribution in [0.25, 0.3) is 0 Å². The molecular weight excluding hydrogens is 301 g/mol. The Balaban J connectivity index is 2.24. The molecule has 0 aliphatic heterocycles. The standard InChI is InChI=1S/C13H13BrFNS/c1-13(16,7-12-6-10(14)8-17-12)9-3-2-4-11(15)5-9/h2-6,8H,7,16H2,1H3. The van der Waals surface area contributed by atoms with E-state index in [1.54, 1.807) is 17.4 Å². The fourth-order valence-electron chi connectivity index (χ4n) is 1.75. The molecule has 1 nitrogen and oxygen atoms in total. The van der Waals surface area contributed by atoms with Crippen LogP contribution in [0.3, 0.4) is 0 Å². The molecular formula is C13H13BrFNS. The summed E-state index contributed by atoms with van der Waals surface area (Å²) in [4.78, 5) is 1.19. The summed E-state index contributed by atoms with van der Waals surface area (Å²) in [5, 5.41) is 2.02. The van der Waals surface area contributed by atoms with Crippen molar-refractivity contribution in [2.45, 2.75) is 18.9 Å². The van der Waals surface area contributed by atoms with Crippen LogP contribution in [0.4, 0.5) is 4.39 Å². The van der Waals surface area contributed by atoms with E-state index in [9.17, 15) is 4.39 Å². The highest BCUT2D eigenvalue weighted by molar-refractivity contribution is 9.10. The Morgan fingerprint density at radius 2 is 2.18 bits per heavy atom. The van der Waals surface area contributed by atoms with Gasteiger partial charge in [0.05, 0.1) is 0 Å². The highest BCUT2D eigenvalue weighted by atomic mass is 79.9. The lowest BCUT2D eigenvalue weighted by Gasteiger charge is -2.24. The summed E-state index contributed by atoms with van der Waals surface area (Å²) in [6, 6.07) is 8.55. The summed E-state index contributed by atoms with van der Waals surface area (Å²) < 4.78 is 14.2. The van der Waals surface area contributed by atoms with Crippen LogP contribution < -0.4 is 5.73 Å². The second-order valence-electron chi connectivity index (χ2n) is 4.34. The summed E-state index contributed by atoms with van der Waals surface area (Å²) in [6.45, 7) is 1.93. The van der Waals surface area contributed by atoms with Crippen LogP contribution in [0.1, 0.15) is 17.4 Å². The number of halogens is 2. The molecule has 1 atom stereocenters. The fraction of sp³-hybridized carbons (Fsp3) is 0.231. The molecule has 0 fully saturated rings. The Morgan fingerprint density at radius 3 is 2.76 bits per heavy atom. The molecule has 0 radical (unpaired) electrons. The van der Waals surface area contributed by atoms with E-state index >= 15 is 0 Å². The molecule has 2 N–H and O–H groups in total. The Bertz CT molecular complexity index is 522. The Labute approximate surface area is 113 Å². The lowest BCUT2D eigenvalue weighted by atomic mass is 9.89. The third kappa shape index (κ3) is 3.15. The Kier molecular flexibility index (Phi) is 3.66. The van der Waals surface area contributed by atoms with Gasteiger partial charge in [0, 0.05) is 26.7 Å². The van der Waals surface area contributed by atoms with Crippen molar-refractivity contribution in [3.05, 3.63) is 56.4 Å². The molecule has 0 amide bonds. The van der Waals surface area contributed by atoms with Crippen LogP contribution >= 0.6 is 27.3 Å². The van der Waals surface area contributed by atoms with Crippen LogP contribution in [-0.4, -0.2) is 0 Å². The molecule has 1 unspecified atom stereocenters. The zero-order valence-electron chi connectivity index (χ0n) is 9.41. The molecule has 0 saturated carbocycles. The van der Waals surface area contributed by atoms with Gasteiger partial charge in [-0.05, 0) is 46.6 Å². The summed E-state index contributed by atoms with van der Waals surface area (Å²) in [7, 11) is 0. The normalized spacial score (nSPS) is 14.6. The van der Waals surface area contributed by atoms with E-state index in [1.807, 2.05) is 18.4 Å². The third-order valence-corrected chi connectivity index (χ3v) is 4.34. The van der Waals surface area contributed by atoms with Gasteiger partial charge in [-0.1, -0.05) is 12.1 Å². The highest BCUT2D eigenvalue weighted by Crippen LogP contribution is 2.28. The molecule has 1 aromatic heterocycles. The van der Waals surface area contributed by atoms with Gasteiger partial charge in [0.2, 0.25) is 0 Å². The number of rotatable bonds is 3. The molecule has 17 heavy (non-hydrogen) atoms. The van der Waals surface area contributed by atoms with E-state index < -0.39 is 5.54 Å². The van der Waals surface area contributed by atoms with Crippen molar-refractivity contribution in [3.63, 3.8) is 0 Å². The first-order chi connectivity index (χ1) is 7.97. The second-order valence-corrected chi connectivity index (χ2v) is 6.25. The maximum absolute atomic E-state index is 13.2. The Morgan fingerprint density at radius 1 is 1.41 bits per heavy atom. The highest BCUT2D eigenvalue weighted by Gasteiger charge is 2.22. The molecule has 0 aliphatic carbocycles. The van der Waals surface area contributed by atoms with Crippen molar-refractivity contribution >= 4 is 27.3 Å². The number of nitrogens with two attached hydrogens (primary N) is 1. The SMILES string of the molecule is CC(N)(Cc1cc(Br)cs1)c1cccc(F)c1. The summed E-state index contributed by atoms with van der Waals surface area (Å²) in [5.41, 5.74) is 6.55. The van der Waals surface area contributed by atoms with Crippen LogP contribution in [0.5, 0.6) is 0 Å². The van der Waals surface area contributed by atoms with Gasteiger partial charge in [0.25, 0.3) is 0 Å². The van der Waals surface area contributed by atoms with Crippen molar-refractivity contribution in [2.24, 2.45) is 5.73 Å². The molecule has 4 heteroatoms. The van der Waals surface area contributed by atoms with E-state index in [4.69, 9.17) is 5.73 Å². The van der Waals surface area contributed by atoms with Gasteiger partial charge in [-0.3, -0.25) is 0 Å². The van der Waals surface area contributed by atoms with Crippen LogP contribution in [-0.2, 0) is 12.0 Å². The molecule has 2 rings (SSSR count). The van der Waals surface area contributed by atoms with E-state index in [-0.39, 0.29) is 5.82 Å². The predicted molar refractivity (Wildman–Crippen MR) is 73.7 cm³/mol. The minimum Gasteiger partial charge on any atom is -0.321 e. The minimum absolute atomic E-state index is 0.244.